The first kappa shape index (κ1) is 19.9. The zero-order valence-electron chi connectivity index (χ0n) is 17.6. The van der Waals surface area contributed by atoms with E-state index in [0.29, 0.717) is 41.7 Å². The molecule has 1 aromatic carbocycles. The second-order valence-electron chi connectivity index (χ2n) is 7.65. The maximum Gasteiger partial charge on any atom is 0.253 e. The number of nitrogens with zero attached hydrogens (tertiary/aromatic N) is 5. The minimum absolute atomic E-state index is 0.00243. The summed E-state index contributed by atoms with van der Waals surface area (Å²) in [7, 11) is 1.60. The number of carbonyl (C=O) groups excluding carboxylic acids is 1. The number of amides is 1. The Hall–Kier alpha value is -4.08. The number of aromatic nitrogens is 4. The van der Waals surface area contributed by atoms with Crippen molar-refractivity contribution in [2.24, 2.45) is 0 Å². The van der Waals surface area contributed by atoms with Gasteiger partial charge in [-0.25, -0.2) is 4.98 Å². The number of methoxy groups -OCH3 is 1. The Kier molecular flexibility index (Phi) is 5.10. The summed E-state index contributed by atoms with van der Waals surface area (Å²) in [6.45, 7) is 1.29. The molecule has 0 saturated carbocycles. The number of rotatable bonds is 5. The summed E-state index contributed by atoms with van der Waals surface area (Å²) in [6.07, 6.45) is 3.38. The van der Waals surface area contributed by atoms with E-state index in [-0.39, 0.29) is 17.9 Å². The highest BCUT2D eigenvalue weighted by Crippen LogP contribution is 2.22. The van der Waals surface area contributed by atoms with Crippen molar-refractivity contribution in [3.63, 3.8) is 0 Å². The van der Waals surface area contributed by atoms with Crippen molar-refractivity contribution in [2.45, 2.75) is 18.9 Å². The molecule has 10 nitrogen and oxygen atoms in total. The fourth-order valence-electron chi connectivity index (χ4n) is 3.90. The number of fused-ring (bicyclic) bond motifs is 1. The van der Waals surface area contributed by atoms with Gasteiger partial charge in [-0.3, -0.25) is 4.79 Å². The van der Waals surface area contributed by atoms with E-state index in [0.717, 1.165) is 18.6 Å². The molecule has 1 aliphatic heterocycles. The highest BCUT2D eigenvalue weighted by molar-refractivity contribution is 5.94. The zero-order chi connectivity index (χ0) is 22.1. The van der Waals surface area contributed by atoms with Crippen LogP contribution in [0.4, 0.5) is 11.8 Å². The van der Waals surface area contributed by atoms with Crippen molar-refractivity contribution in [3.05, 3.63) is 54.3 Å². The van der Waals surface area contributed by atoms with Crippen LogP contribution in [0.1, 0.15) is 23.2 Å². The van der Waals surface area contributed by atoms with Gasteiger partial charge in [0, 0.05) is 30.8 Å². The van der Waals surface area contributed by atoms with Gasteiger partial charge in [0.1, 0.15) is 11.6 Å². The van der Waals surface area contributed by atoms with Crippen LogP contribution in [0.2, 0.25) is 0 Å². The zero-order valence-corrected chi connectivity index (χ0v) is 17.6. The van der Waals surface area contributed by atoms with E-state index < -0.39 is 0 Å². The summed E-state index contributed by atoms with van der Waals surface area (Å²) in [6, 6.07) is 12.6. The van der Waals surface area contributed by atoms with E-state index in [4.69, 9.17) is 14.9 Å². The van der Waals surface area contributed by atoms with Crippen LogP contribution in [-0.4, -0.2) is 56.6 Å². The van der Waals surface area contributed by atoms with Gasteiger partial charge in [0.15, 0.2) is 11.4 Å². The van der Waals surface area contributed by atoms with Crippen molar-refractivity contribution >= 4 is 23.3 Å². The predicted octanol–water partition coefficient (Wildman–Crippen LogP) is 2.69. The molecule has 1 atom stereocenters. The fraction of sp³-hybridized carbons (Fsp3) is 0.273. The van der Waals surface area contributed by atoms with E-state index in [2.05, 4.69) is 20.4 Å². The van der Waals surface area contributed by atoms with Crippen LogP contribution in [-0.2, 0) is 0 Å². The molecule has 5 rings (SSSR count). The van der Waals surface area contributed by atoms with E-state index in [1.54, 1.807) is 55.8 Å². The molecule has 1 unspecified atom stereocenters. The Balaban J connectivity index is 1.31. The van der Waals surface area contributed by atoms with Crippen molar-refractivity contribution in [1.29, 1.82) is 0 Å². The molecule has 32 heavy (non-hydrogen) atoms. The Morgan fingerprint density at radius 3 is 2.84 bits per heavy atom. The first-order valence-corrected chi connectivity index (χ1v) is 10.4. The average molecular weight is 433 g/mol. The summed E-state index contributed by atoms with van der Waals surface area (Å²) in [5.74, 6) is 2.54. The standard InChI is InChI=1S/C22H23N7O3/c1-31-16-8-6-14(7-9-16)21(30)28-10-2-4-15(13-28)24-18-12-19-26-20(17-5-3-11-32-17)27-29(19)22(23)25-18/h3,5-9,11-12,15,24H,2,4,10,13H2,1H3,(H2,23,25). The number of nitrogen functional groups attached to an aromatic ring is 1. The number of nitrogens with one attached hydrogen (secondary N) is 1. The second kappa shape index (κ2) is 8.22. The minimum atomic E-state index is 0.00243. The molecule has 3 aromatic heterocycles. The topological polar surface area (TPSA) is 124 Å². The molecule has 4 heterocycles. The summed E-state index contributed by atoms with van der Waals surface area (Å²) >= 11 is 0. The molecule has 1 aliphatic rings. The van der Waals surface area contributed by atoms with Gasteiger partial charge >= 0.3 is 0 Å². The van der Waals surface area contributed by atoms with E-state index in [9.17, 15) is 4.79 Å². The molecule has 3 N–H and O–H groups in total. The smallest absolute Gasteiger partial charge is 0.253 e. The molecule has 0 spiro atoms. The maximum absolute atomic E-state index is 12.9. The molecular formula is C22H23N7O3. The summed E-state index contributed by atoms with van der Waals surface area (Å²) < 4.78 is 12.0. The third-order valence-corrected chi connectivity index (χ3v) is 5.49. The molecule has 1 amide bonds. The number of furan rings is 1. The number of ether oxygens (including phenoxy) is 1. The highest BCUT2D eigenvalue weighted by atomic mass is 16.5. The lowest BCUT2D eigenvalue weighted by molar-refractivity contribution is 0.0714. The van der Waals surface area contributed by atoms with Gasteiger partial charge in [-0.1, -0.05) is 0 Å². The van der Waals surface area contributed by atoms with Crippen LogP contribution in [0.25, 0.3) is 17.2 Å². The number of likely N-dealkylation sites (tertiary alicyclic amines) is 1. The third kappa shape index (κ3) is 3.82. The summed E-state index contributed by atoms with van der Waals surface area (Å²) in [4.78, 5) is 23.7. The van der Waals surface area contributed by atoms with Crippen molar-refractivity contribution in [2.75, 3.05) is 31.2 Å². The Morgan fingerprint density at radius 2 is 2.09 bits per heavy atom. The van der Waals surface area contributed by atoms with E-state index >= 15 is 0 Å². The number of anilines is 2. The maximum atomic E-state index is 12.9. The molecular weight excluding hydrogens is 410 g/mol. The van der Waals surface area contributed by atoms with E-state index in [1.807, 2.05) is 4.90 Å². The first-order chi connectivity index (χ1) is 15.6. The average Bonchev–Trinajstić information content (AvgIpc) is 3.49. The van der Waals surface area contributed by atoms with Crippen LogP contribution in [0.3, 0.4) is 0 Å². The third-order valence-electron chi connectivity index (χ3n) is 5.49. The quantitative estimate of drug-likeness (QED) is 0.492. The lowest BCUT2D eigenvalue weighted by Crippen LogP contribution is -2.45. The summed E-state index contributed by atoms with van der Waals surface area (Å²) in [5, 5.41) is 7.76. The predicted molar refractivity (Wildman–Crippen MR) is 118 cm³/mol. The van der Waals surface area contributed by atoms with Crippen molar-refractivity contribution in [1.82, 2.24) is 24.5 Å². The lowest BCUT2D eigenvalue weighted by atomic mass is 10.0. The fourth-order valence-corrected chi connectivity index (χ4v) is 3.90. The van der Waals surface area contributed by atoms with Crippen LogP contribution < -0.4 is 15.8 Å². The van der Waals surface area contributed by atoms with E-state index in [1.165, 1.54) is 4.52 Å². The number of hydrogen-bond acceptors (Lipinski definition) is 8. The number of carbonyl (C=O) groups is 1. The van der Waals surface area contributed by atoms with Gasteiger partial charge in [-0.05, 0) is 49.2 Å². The number of nitrogens with two attached hydrogens (primary N) is 1. The SMILES string of the molecule is COc1ccc(C(=O)N2CCCC(Nc3cc4nc(-c5ccco5)nn4c(N)n3)C2)cc1. The van der Waals surface area contributed by atoms with Gasteiger partial charge in [0.2, 0.25) is 11.8 Å². The van der Waals surface area contributed by atoms with Gasteiger partial charge in [0.05, 0.1) is 13.4 Å². The highest BCUT2D eigenvalue weighted by Gasteiger charge is 2.25. The number of benzene rings is 1. The number of piperidine rings is 1. The van der Waals surface area contributed by atoms with Crippen LogP contribution in [0.5, 0.6) is 5.75 Å². The Labute approximate surface area is 184 Å². The second-order valence-corrected chi connectivity index (χ2v) is 7.65. The van der Waals surface area contributed by atoms with Crippen molar-refractivity contribution < 1.29 is 13.9 Å². The molecule has 0 radical (unpaired) electrons. The minimum Gasteiger partial charge on any atom is -0.497 e. The van der Waals surface area contributed by atoms with Gasteiger partial charge in [-0.2, -0.15) is 9.50 Å². The van der Waals surface area contributed by atoms with Gasteiger partial charge in [0.25, 0.3) is 5.91 Å². The summed E-state index contributed by atoms with van der Waals surface area (Å²) in [5.41, 5.74) is 7.31. The molecule has 0 bridgehead atoms. The lowest BCUT2D eigenvalue weighted by Gasteiger charge is -2.33. The first-order valence-electron chi connectivity index (χ1n) is 10.4. The van der Waals surface area contributed by atoms with Crippen molar-refractivity contribution in [3.8, 4) is 17.3 Å². The Morgan fingerprint density at radius 1 is 1.25 bits per heavy atom. The van der Waals surface area contributed by atoms with Gasteiger partial charge < -0.3 is 25.1 Å². The molecule has 0 aliphatic carbocycles. The Bertz CT molecular complexity index is 1230. The van der Waals surface area contributed by atoms with Crippen LogP contribution in [0, 0.1) is 0 Å². The van der Waals surface area contributed by atoms with Gasteiger partial charge in [-0.15, -0.1) is 5.10 Å². The van der Waals surface area contributed by atoms with Crippen LogP contribution in [0.15, 0.2) is 53.1 Å². The monoisotopic (exact) mass is 433 g/mol. The molecule has 4 aromatic rings. The normalized spacial score (nSPS) is 16.3. The molecule has 1 fully saturated rings. The largest absolute Gasteiger partial charge is 0.497 e. The molecule has 10 heteroatoms. The molecule has 164 valence electrons. The number of hydrogen-bond donors (Lipinski definition) is 2. The molecule has 1 saturated heterocycles. The van der Waals surface area contributed by atoms with Crippen LogP contribution >= 0.6 is 0 Å².